The van der Waals surface area contributed by atoms with Crippen LogP contribution in [-0.2, 0) is 0 Å². The Morgan fingerprint density at radius 2 is 1.00 bits per heavy atom. The Balaban J connectivity index is 1.21. The number of piperidine rings is 1. The van der Waals surface area contributed by atoms with Crippen LogP contribution >= 0.6 is 0 Å². The lowest BCUT2D eigenvalue weighted by Crippen LogP contribution is -2.57. The third-order valence-corrected chi connectivity index (χ3v) is 8.47. The summed E-state index contributed by atoms with van der Waals surface area (Å²) in [6.07, 6.45) is 5.73. The minimum absolute atomic E-state index is 0.332. The van der Waals surface area contributed by atoms with E-state index in [0.717, 1.165) is 23.9 Å². The first kappa shape index (κ1) is 21.1. The van der Waals surface area contributed by atoms with Crippen molar-refractivity contribution in [2.75, 3.05) is 52.4 Å². The number of nitrogens with zero attached hydrogens (tertiary/aromatic N) is 4. The summed E-state index contributed by atoms with van der Waals surface area (Å²) in [5, 5.41) is 0. The Hall–Kier alpha value is -0.160. The SMILES string of the molecule is CC(C)(C)N1CCN(C2CCN(C3CC4CN(C(C)(C)C)CC4C3)CC2)CC1. The molecule has 3 aliphatic heterocycles. The zero-order valence-corrected chi connectivity index (χ0v) is 19.6. The number of piperazine rings is 1. The minimum atomic E-state index is 0.332. The fraction of sp³-hybridized carbons (Fsp3) is 1.00. The van der Waals surface area contributed by atoms with Crippen LogP contribution in [-0.4, -0.2) is 95.1 Å². The molecule has 2 atom stereocenters. The lowest BCUT2D eigenvalue weighted by atomic mass is 9.98. The van der Waals surface area contributed by atoms with Gasteiger partial charge in [0.25, 0.3) is 0 Å². The van der Waals surface area contributed by atoms with E-state index in [1.165, 1.54) is 78.0 Å². The molecule has 1 aliphatic carbocycles. The molecule has 162 valence electrons. The van der Waals surface area contributed by atoms with Gasteiger partial charge in [-0.05, 0) is 92.2 Å². The van der Waals surface area contributed by atoms with Crippen molar-refractivity contribution < 1.29 is 0 Å². The van der Waals surface area contributed by atoms with Crippen molar-refractivity contribution in [3.8, 4) is 0 Å². The number of hydrogen-bond donors (Lipinski definition) is 0. The molecule has 0 N–H and O–H groups in total. The van der Waals surface area contributed by atoms with Gasteiger partial charge < -0.3 is 4.90 Å². The topological polar surface area (TPSA) is 13.0 Å². The lowest BCUT2D eigenvalue weighted by Gasteiger charge is -2.47. The summed E-state index contributed by atoms with van der Waals surface area (Å²) in [5.74, 6) is 1.93. The molecule has 0 bridgehead atoms. The maximum Gasteiger partial charge on any atom is 0.0126 e. The molecular formula is C24H46N4. The van der Waals surface area contributed by atoms with Gasteiger partial charge in [-0.3, -0.25) is 14.7 Å². The summed E-state index contributed by atoms with van der Waals surface area (Å²) in [7, 11) is 0. The summed E-state index contributed by atoms with van der Waals surface area (Å²) in [6, 6.07) is 1.73. The van der Waals surface area contributed by atoms with Crippen LogP contribution in [0.2, 0.25) is 0 Å². The highest BCUT2D eigenvalue weighted by atomic mass is 15.3. The highest BCUT2D eigenvalue weighted by molar-refractivity contribution is 4.99. The van der Waals surface area contributed by atoms with Crippen LogP contribution in [0.4, 0.5) is 0 Å². The van der Waals surface area contributed by atoms with Gasteiger partial charge in [0, 0.05) is 62.4 Å². The standard InChI is InChI=1S/C24H46N4/c1-23(2,3)27-13-11-26(12-14-27)21-7-9-25(10-8-21)22-15-19-17-28(24(4,5)6)18-20(19)16-22/h19-22H,7-18H2,1-6H3. The Bertz CT molecular complexity index is 504. The van der Waals surface area contributed by atoms with E-state index in [0.29, 0.717) is 11.1 Å². The predicted octanol–water partition coefficient (Wildman–Crippen LogP) is 3.38. The summed E-state index contributed by atoms with van der Waals surface area (Å²) in [5.41, 5.74) is 0.688. The Kier molecular flexibility index (Phi) is 5.90. The van der Waals surface area contributed by atoms with Gasteiger partial charge in [-0.25, -0.2) is 0 Å². The Morgan fingerprint density at radius 3 is 1.46 bits per heavy atom. The van der Waals surface area contributed by atoms with Gasteiger partial charge in [-0.15, -0.1) is 0 Å². The first-order chi connectivity index (χ1) is 13.1. The molecule has 4 heteroatoms. The van der Waals surface area contributed by atoms with Crippen molar-refractivity contribution in [2.24, 2.45) is 11.8 Å². The second-order valence-corrected chi connectivity index (χ2v) is 12.2. The number of fused-ring (bicyclic) bond motifs is 1. The average molecular weight is 391 g/mol. The van der Waals surface area contributed by atoms with Gasteiger partial charge in [-0.1, -0.05) is 0 Å². The van der Waals surface area contributed by atoms with E-state index in [9.17, 15) is 0 Å². The van der Waals surface area contributed by atoms with Crippen molar-refractivity contribution >= 4 is 0 Å². The van der Waals surface area contributed by atoms with Gasteiger partial charge in [-0.2, -0.15) is 0 Å². The highest BCUT2D eigenvalue weighted by Gasteiger charge is 2.45. The molecule has 3 heterocycles. The summed E-state index contributed by atoms with van der Waals surface area (Å²) >= 11 is 0. The molecule has 0 aromatic rings. The van der Waals surface area contributed by atoms with Gasteiger partial charge in [0.05, 0.1) is 0 Å². The smallest absolute Gasteiger partial charge is 0.0126 e. The van der Waals surface area contributed by atoms with Crippen molar-refractivity contribution in [2.45, 2.75) is 90.4 Å². The van der Waals surface area contributed by atoms with Crippen molar-refractivity contribution in [1.82, 2.24) is 19.6 Å². The zero-order chi connectivity index (χ0) is 20.1. The van der Waals surface area contributed by atoms with Crippen molar-refractivity contribution in [3.63, 3.8) is 0 Å². The molecule has 0 aromatic heterocycles. The molecule has 28 heavy (non-hydrogen) atoms. The van der Waals surface area contributed by atoms with E-state index >= 15 is 0 Å². The summed E-state index contributed by atoms with van der Waals surface area (Å²) in [6.45, 7) is 24.7. The van der Waals surface area contributed by atoms with Crippen molar-refractivity contribution in [3.05, 3.63) is 0 Å². The van der Waals surface area contributed by atoms with Crippen LogP contribution in [0.5, 0.6) is 0 Å². The number of likely N-dealkylation sites (tertiary alicyclic amines) is 2. The van der Waals surface area contributed by atoms with Crippen LogP contribution < -0.4 is 0 Å². The molecule has 0 amide bonds. The molecule has 0 radical (unpaired) electrons. The lowest BCUT2D eigenvalue weighted by molar-refractivity contribution is 0.0175. The third kappa shape index (κ3) is 4.45. The maximum atomic E-state index is 2.88. The first-order valence-electron chi connectivity index (χ1n) is 12.1. The summed E-state index contributed by atoms with van der Waals surface area (Å²) < 4.78 is 0. The molecule has 4 nitrogen and oxygen atoms in total. The van der Waals surface area contributed by atoms with E-state index in [-0.39, 0.29) is 0 Å². The second kappa shape index (κ2) is 7.83. The molecule has 3 saturated heterocycles. The van der Waals surface area contributed by atoms with Gasteiger partial charge in [0.1, 0.15) is 0 Å². The fourth-order valence-corrected chi connectivity index (χ4v) is 6.49. The monoisotopic (exact) mass is 390 g/mol. The molecule has 2 unspecified atom stereocenters. The molecule has 4 aliphatic rings. The quantitative estimate of drug-likeness (QED) is 0.716. The van der Waals surface area contributed by atoms with Crippen LogP contribution in [0.3, 0.4) is 0 Å². The van der Waals surface area contributed by atoms with Crippen LogP contribution in [0.1, 0.15) is 67.2 Å². The zero-order valence-electron chi connectivity index (χ0n) is 19.6. The van der Waals surface area contributed by atoms with E-state index in [4.69, 9.17) is 0 Å². The molecule has 4 rings (SSSR count). The predicted molar refractivity (Wildman–Crippen MR) is 119 cm³/mol. The maximum absolute atomic E-state index is 2.88. The van der Waals surface area contributed by atoms with E-state index < -0.39 is 0 Å². The van der Waals surface area contributed by atoms with Crippen LogP contribution in [0, 0.1) is 11.8 Å². The number of hydrogen-bond acceptors (Lipinski definition) is 4. The third-order valence-electron chi connectivity index (χ3n) is 8.47. The summed E-state index contributed by atoms with van der Waals surface area (Å²) in [4.78, 5) is 11.1. The molecule has 1 saturated carbocycles. The van der Waals surface area contributed by atoms with E-state index in [1.807, 2.05) is 0 Å². The van der Waals surface area contributed by atoms with Gasteiger partial charge >= 0.3 is 0 Å². The molecule has 0 spiro atoms. The number of rotatable bonds is 2. The first-order valence-corrected chi connectivity index (χ1v) is 12.1. The van der Waals surface area contributed by atoms with E-state index in [2.05, 4.69) is 61.1 Å². The molecular weight excluding hydrogens is 344 g/mol. The van der Waals surface area contributed by atoms with E-state index in [1.54, 1.807) is 0 Å². The van der Waals surface area contributed by atoms with Crippen LogP contribution in [0.15, 0.2) is 0 Å². The Morgan fingerprint density at radius 1 is 0.536 bits per heavy atom. The second-order valence-electron chi connectivity index (χ2n) is 12.2. The highest BCUT2D eigenvalue weighted by Crippen LogP contribution is 2.42. The van der Waals surface area contributed by atoms with Gasteiger partial charge in [0.15, 0.2) is 0 Å². The average Bonchev–Trinajstić information content (AvgIpc) is 3.20. The molecule has 4 fully saturated rings. The fourth-order valence-electron chi connectivity index (χ4n) is 6.49. The molecule has 0 aromatic carbocycles. The van der Waals surface area contributed by atoms with Crippen molar-refractivity contribution in [1.29, 1.82) is 0 Å². The Labute approximate surface area is 174 Å². The minimum Gasteiger partial charge on any atom is -0.300 e. The largest absolute Gasteiger partial charge is 0.300 e. The normalized spacial score (nSPS) is 35.6. The van der Waals surface area contributed by atoms with Gasteiger partial charge in [0.2, 0.25) is 0 Å². The van der Waals surface area contributed by atoms with Crippen LogP contribution in [0.25, 0.3) is 0 Å².